The van der Waals surface area contributed by atoms with Crippen LogP contribution >= 0.6 is 0 Å². The first kappa shape index (κ1) is 21.3. The summed E-state index contributed by atoms with van der Waals surface area (Å²) in [5.74, 6) is 0.743. The van der Waals surface area contributed by atoms with Gasteiger partial charge in [0.15, 0.2) is 0 Å². The van der Waals surface area contributed by atoms with Crippen molar-refractivity contribution in [2.24, 2.45) is 0 Å². The van der Waals surface area contributed by atoms with Gasteiger partial charge in [-0.05, 0) is 34.4 Å². The molecule has 0 unspecified atom stereocenters. The van der Waals surface area contributed by atoms with Crippen molar-refractivity contribution < 1.29 is 9.90 Å². The van der Waals surface area contributed by atoms with Gasteiger partial charge >= 0.3 is 0 Å². The minimum Gasteiger partial charge on any atom is -0.506 e. The highest BCUT2D eigenvalue weighted by atomic mass is 16.3. The first-order valence-corrected chi connectivity index (χ1v) is 10.7. The van der Waals surface area contributed by atoms with E-state index in [1.54, 1.807) is 23.0 Å². The van der Waals surface area contributed by atoms with E-state index in [0.29, 0.717) is 18.9 Å². The Balaban J connectivity index is 1.50. The molecule has 0 radical (unpaired) electrons. The summed E-state index contributed by atoms with van der Waals surface area (Å²) in [6.45, 7) is 3.56. The van der Waals surface area contributed by atoms with Crippen molar-refractivity contribution in [2.45, 2.75) is 32.9 Å². The molecule has 0 saturated heterocycles. The van der Waals surface area contributed by atoms with Gasteiger partial charge < -0.3 is 14.6 Å². The Labute approximate surface area is 186 Å². The lowest BCUT2D eigenvalue weighted by molar-refractivity contribution is -0.132. The summed E-state index contributed by atoms with van der Waals surface area (Å²) in [6.07, 6.45) is 5.23. The number of benzene rings is 2. The van der Waals surface area contributed by atoms with Crippen molar-refractivity contribution in [2.75, 3.05) is 6.54 Å². The number of aromatic hydroxyl groups is 1. The second-order valence-electron chi connectivity index (χ2n) is 7.69. The molecule has 0 aliphatic rings. The van der Waals surface area contributed by atoms with Gasteiger partial charge in [-0.1, -0.05) is 61.9 Å². The van der Waals surface area contributed by atoms with E-state index in [9.17, 15) is 9.90 Å². The number of aromatic amines is 1. The van der Waals surface area contributed by atoms with Gasteiger partial charge in [0.05, 0.1) is 0 Å². The molecule has 164 valence electrons. The highest BCUT2D eigenvalue weighted by molar-refractivity contribution is 5.80. The van der Waals surface area contributed by atoms with Crippen LogP contribution in [0.3, 0.4) is 0 Å². The third-order valence-corrected chi connectivity index (χ3v) is 5.34. The summed E-state index contributed by atoms with van der Waals surface area (Å²) in [4.78, 5) is 14.8. The fourth-order valence-corrected chi connectivity index (χ4v) is 3.64. The molecule has 32 heavy (non-hydrogen) atoms. The third-order valence-electron chi connectivity index (χ3n) is 5.34. The number of hydrogen-bond acceptors (Lipinski definition) is 5. The molecule has 1 amide bonds. The van der Waals surface area contributed by atoms with Crippen LogP contribution in [0, 0.1) is 0 Å². The number of aromatic nitrogens is 5. The number of amides is 1. The second-order valence-corrected chi connectivity index (χ2v) is 7.69. The number of carbonyl (C=O) groups excluding carboxylic acids is 1. The molecule has 2 aromatic heterocycles. The average molecular weight is 431 g/mol. The average Bonchev–Trinajstić information content (AvgIpc) is 3.49. The van der Waals surface area contributed by atoms with E-state index in [-0.39, 0.29) is 18.2 Å². The van der Waals surface area contributed by atoms with E-state index in [1.165, 1.54) is 0 Å². The third kappa shape index (κ3) is 5.03. The number of unbranched alkanes of at least 4 members (excludes halogenated alkanes) is 1. The Morgan fingerprint density at radius 1 is 1.09 bits per heavy atom. The summed E-state index contributed by atoms with van der Waals surface area (Å²) in [5, 5.41) is 23.9. The molecule has 2 heterocycles. The van der Waals surface area contributed by atoms with Gasteiger partial charge in [0, 0.05) is 31.0 Å². The van der Waals surface area contributed by atoms with Gasteiger partial charge in [0.2, 0.25) is 11.7 Å². The van der Waals surface area contributed by atoms with Crippen LogP contribution in [0.2, 0.25) is 0 Å². The van der Waals surface area contributed by atoms with E-state index in [2.05, 4.69) is 51.8 Å². The molecule has 8 heteroatoms. The molecule has 0 saturated carbocycles. The van der Waals surface area contributed by atoms with Crippen molar-refractivity contribution in [3.8, 4) is 28.3 Å². The molecular formula is C24H26N6O2. The first-order chi connectivity index (χ1) is 15.6. The van der Waals surface area contributed by atoms with E-state index in [0.717, 1.165) is 35.1 Å². The van der Waals surface area contributed by atoms with Crippen LogP contribution in [0.15, 0.2) is 67.0 Å². The highest BCUT2D eigenvalue weighted by Crippen LogP contribution is 2.29. The number of H-pyrrole nitrogens is 1. The van der Waals surface area contributed by atoms with Gasteiger partial charge in [-0.15, -0.1) is 10.2 Å². The Morgan fingerprint density at radius 3 is 2.53 bits per heavy atom. The van der Waals surface area contributed by atoms with Crippen LogP contribution in [0.1, 0.15) is 25.3 Å². The highest BCUT2D eigenvalue weighted by Gasteiger charge is 2.15. The summed E-state index contributed by atoms with van der Waals surface area (Å²) >= 11 is 0. The maximum Gasteiger partial charge on any atom is 0.242 e. The zero-order chi connectivity index (χ0) is 22.3. The minimum atomic E-state index is 0.0283. The number of hydrogen-bond donors (Lipinski definition) is 2. The molecular weight excluding hydrogens is 404 g/mol. The molecule has 0 atom stereocenters. The molecule has 2 N–H and O–H groups in total. The van der Waals surface area contributed by atoms with E-state index >= 15 is 0 Å². The number of tetrazole rings is 1. The summed E-state index contributed by atoms with van der Waals surface area (Å²) < 4.78 is 1.70. The van der Waals surface area contributed by atoms with Crippen LogP contribution in [-0.2, 0) is 17.9 Å². The fourth-order valence-electron chi connectivity index (χ4n) is 3.64. The predicted molar refractivity (Wildman–Crippen MR) is 121 cm³/mol. The molecule has 4 aromatic rings. The smallest absolute Gasteiger partial charge is 0.242 e. The molecule has 0 spiro atoms. The monoisotopic (exact) mass is 430 g/mol. The van der Waals surface area contributed by atoms with Gasteiger partial charge in [-0.25, -0.2) is 0 Å². The lowest BCUT2D eigenvalue weighted by atomic mass is 9.98. The van der Waals surface area contributed by atoms with E-state index < -0.39 is 0 Å². The molecule has 8 nitrogen and oxygen atoms in total. The predicted octanol–water partition coefficient (Wildman–Crippen LogP) is 3.87. The maximum atomic E-state index is 12.9. The number of rotatable bonds is 9. The molecule has 0 fully saturated rings. The number of nitrogens with zero attached hydrogens (tertiary/aromatic N) is 5. The molecule has 0 bridgehead atoms. The number of carbonyl (C=O) groups is 1. The zero-order valence-corrected chi connectivity index (χ0v) is 18.0. The maximum absolute atomic E-state index is 12.9. The summed E-state index contributed by atoms with van der Waals surface area (Å²) in [5.41, 5.74) is 4.03. The Kier molecular flexibility index (Phi) is 6.60. The van der Waals surface area contributed by atoms with Crippen molar-refractivity contribution >= 4 is 5.91 Å². The van der Waals surface area contributed by atoms with Crippen molar-refractivity contribution in [3.05, 3.63) is 72.6 Å². The van der Waals surface area contributed by atoms with Gasteiger partial charge in [-0.2, -0.15) is 5.21 Å². The summed E-state index contributed by atoms with van der Waals surface area (Å²) in [7, 11) is 0. The molecule has 2 aromatic carbocycles. The van der Waals surface area contributed by atoms with Gasteiger partial charge in [0.1, 0.15) is 12.3 Å². The van der Waals surface area contributed by atoms with Crippen molar-refractivity contribution in [3.63, 3.8) is 0 Å². The quantitative estimate of drug-likeness (QED) is 0.420. The Bertz CT molecular complexity index is 1150. The van der Waals surface area contributed by atoms with Crippen LogP contribution in [0.5, 0.6) is 5.75 Å². The SMILES string of the molecule is CCCCN(Cc1ccc(-c2ccccc2-c2nn[nH]n2)cc1)C(=O)Cn1ccc(O)c1. The van der Waals surface area contributed by atoms with Crippen LogP contribution < -0.4 is 0 Å². The van der Waals surface area contributed by atoms with Gasteiger partial charge in [-0.3, -0.25) is 4.79 Å². The van der Waals surface area contributed by atoms with Crippen LogP contribution in [-0.4, -0.2) is 47.6 Å². The first-order valence-electron chi connectivity index (χ1n) is 10.7. The Morgan fingerprint density at radius 2 is 1.88 bits per heavy atom. The second kappa shape index (κ2) is 9.91. The Hall–Kier alpha value is -3.94. The number of nitrogens with one attached hydrogen (secondary N) is 1. The normalized spacial score (nSPS) is 10.9. The minimum absolute atomic E-state index is 0.0283. The topological polar surface area (TPSA) is 99.9 Å². The van der Waals surface area contributed by atoms with Crippen LogP contribution in [0.25, 0.3) is 22.5 Å². The summed E-state index contributed by atoms with van der Waals surface area (Å²) in [6, 6.07) is 17.7. The standard InChI is InChI=1S/C24H26N6O2/c1-2-3-13-30(23(32)17-29-14-12-20(31)16-29)15-18-8-10-19(11-9-18)21-6-4-5-7-22(21)24-25-27-28-26-24/h4-12,14,16,31H,2-3,13,15,17H2,1H3,(H,25,26,27,28). The molecule has 0 aliphatic heterocycles. The lowest BCUT2D eigenvalue weighted by Gasteiger charge is -2.23. The van der Waals surface area contributed by atoms with E-state index in [4.69, 9.17) is 0 Å². The van der Waals surface area contributed by atoms with Crippen LogP contribution in [0.4, 0.5) is 0 Å². The van der Waals surface area contributed by atoms with Crippen molar-refractivity contribution in [1.29, 1.82) is 0 Å². The molecule has 0 aliphatic carbocycles. The van der Waals surface area contributed by atoms with Crippen molar-refractivity contribution in [1.82, 2.24) is 30.1 Å². The van der Waals surface area contributed by atoms with Gasteiger partial charge in [0.25, 0.3) is 0 Å². The molecule has 4 rings (SSSR count). The lowest BCUT2D eigenvalue weighted by Crippen LogP contribution is -2.34. The fraction of sp³-hybridized carbons (Fsp3) is 0.250. The largest absolute Gasteiger partial charge is 0.506 e. The zero-order valence-electron chi connectivity index (χ0n) is 18.0. The van der Waals surface area contributed by atoms with E-state index in [1.807, 2.05) is 29.2 Å².